The number of halogens is 1. The van der Waals surface area contributed by atoms with Crippen molar-refractivity contribution in [2.24, 2.45) is 0 Å². The molecule has 0 aliphatic rings. The molecule has 0 aliphatic carbocycles. The Morgan fingerprint density at radius 1 is 1.30 bits per heavy atom. The van der Waals surface area contributed by atoms with Crippen LogP contribution in [-0.4, -0.2) is 12.0 Å². The monoisotopic (exact) mass is 292 g/mol. The van der Waals surface area contributed by atoms with Gasteiger partial charge in [0.05, 0.1) is 5.69 Å². The number of thiazole rings is 1. The van der Waals surface area contributed by atoms with E-state index in [2.05, 4.69) is 26.1 Å². The Bertz CT molecular complexity index is 611. The normalized spacial score (nSPS) is 11.9. The average molecular weight is 292 g/mol. The summed E-state index contributed by atoms with van der Waals surface area (Å²) in [7, 11) is 1.92. The zero-order valence-electron chi connectivity index (χ0n) is 12.7. The predicted molar refractivity (Wildman–Crippen MR) is 83.7 cm³/mol. The number of nitrogens with one attached hydrogen (secondary N) is 1. The highest BCUT2D eigenvalue weighted by atomic mass is 32.1. The molecule has 2 nitrogen and oxygen atoms in total. The molecule has 2 aromatic rings. The Hall–Kier alpha value is -1.26. The zero-order valence-corrected chi connectivity index (χ0v) is 13.5. The molecule has 0 aliphatic heterocycles. The van der Waals surface area contributed by atoms with Gasteiger partial charge in [-0.05, 0) is 26.1 Å². The predicted octanol–water partition coefficient (Wildman–Crippen LogP) is 4.27. The molecule has 0 saturated heterocycles. The molecule has 0 atom stereocenters. The number of hydrogen-bond donors (Lipinski definition) is 1. The van der Waals surface area contributed by atoms with Crippen LogP contribution in [0.15, 0.2) is 18.2 Å². The van der Waals surface area contributed by atoms with E-state index in [1.807, 2.05) is 20.0 Å². The summed E-state index contributed by atoms with van der Waals surface area (Å²) in [5.74, 6) is -0.208. The van der Waals surface area contributed by atoms with E-state index < -0.39 is 0 Å². The van der Waals surface area contributed by atoms with Crippen LogP contribution in [0.4, 0.5) is 4.39 Å². The Labute approximate surface area is 124 Å². The lowest BCUT2D eigenvalue weighted by Gasteiger charge is -2.17. The second-order valence-electron chi connectivity index (χ2n) is 6.05. The third-order valence-electron chi connectivity index (χ3n) is 3.10. The topological polar surface area (TPSA) is 24.9 Å². The van der Waals surface area contributed by atoms with Crippen LogP contribution in [0.3, 0.4) is 0 Å². The number of aryl methyl sites for hydroxylation is 1. The van der Waals surface area contributed by atoms with Gasteiger partial charge < -0.3 is 5.32 Å². The van der Waals surface area contributed by atoms with E-state index in [0.717, 1.165) is 22.8 Å². The molecule has 0 radical (unpaired) electrons. The minimum Gasteiger partial charge on any atom is -0.315 e. The van der Waals surface area contributed by atoms with E-state index in [-0.39, 0.29) is 11.2 Å². The van der Waals surface area contributed by atoms with E-state index in [0.29, 0.717) is 5.56 Å². The van der Waals surface area contributed by atoms with Crippen molar-refractivity contribution in [2.75, 3.05) is 7.05 Å². The van der Waals surface area contributed by atoms with Gasteiger partial charge in [-0.15, -0.1) is 11.3 Å². The van der Waals surface area contributed by atoms with Crippen molar-refractivity contribution >= 4 is 11.3 Å². The number of rotatable bonds is 3. The first-order valence-corrected chi connectivity index (χ1v) is 7.56. The maximum atomic E-state index is 14.0. The molecule has 4 heteroatoms. The van der Waals surface area contributed by atoms with E-state index in [9.17, 15) is 4.39 Å². The molecule has 0 bridgehead atoms. The largest absolute Gasteiger partial charge is 0.315 e. The fraction of sp³-hybridized carbons (Fsp3) is 0.438. The standard InChI is InChI=1S/C16H21FN2S/c1-10-6-7-12(17)11(8-10)15-19-14(16(2,3)4)13(20-15)9-18-5/h6-8,18H,9H2,1-5H3. The zero-order chi connectivity index (χ0) is 14.9. The van der Waals surface area contributed by atoms with E-state index in [1.165, 1.54) is 10.9 Å². The molecule has 1 aromatic heterocycles. The minimum absolute atomic E-state index is 0.0404. The van der Waals surface area contributed by atoms with Crippen LogP contribution in [0.1, 0.15) is 36.9 Å². The van der Waals surface area contributed by atoms with Crippen molar-refractivity contribution in [3.8, 4) is 10.6 Å². The van der Waals surface area contributed by atoms with Gasteiger partial charge in [0.15, 0.2) is 0 Å². The quantitative estimate of drug-likeness (QED) is 0.913. The molecule has 0 fully saturated rings. The minimum atomic E-state index is -0.208. The highest BCUT2D eigenvalue weighted by molar-refractivity contribution is 7.15. The van der Waals surface area contributed by atoms with Crippen molar-refractivity contribution in [3.05, 3.63) is 40.2 Å². The van der Waals surface area contributed by atoms with E-state index in [4.69, 9.17) is 4.98 Å². The molecule has 20 heavy (non-hydrogen) atoms. The highest BCUT2D eigenvalue weighted by Gasteiger charge is 2.24. The number of hydrogen-bond acceptors (Lipinski definition) is 3. The summed E-state index contributed by atoms with van der Waals surface area (Å²) in [4.78, 5) is 5.89. The Balaban J connectivity index is 2.55. The van der Waals surface area contributed by atoms with Crippen molar-refractivity contribution in [2.45, 2.75) is 39.7 Å². The average Bonchev–Trinajstić information content (AvgIpc) is 2.76. The smallest absolute Gasteiger partial charge is 0.133 e. The lowest BCUT2D eigenvalue weighted by atomic mass is 9.91. The summed E-state index contributed by atoms with van der Waals surface area (Å²) in [5.41, 5.74) is 2.65. The summed E-state index contributed by atoms with van der Waals surface area (Å²) in [5, 5.41) is 3.93. The van der Waals surface area contributed by atoms with Gasteiger partial charge in [0, 0.05) is 22.4 Å². The molecule has 1 aromatic carbocycles. The first-order valence-electron chi connectivity index (χ1n) is 6.74. The van der Waals surface area contributed by atoms with Gasteiger partial charge in [-0.1, -0.05) is 32.4 Å². The van der Waals surface area contributed by atoms with Crippen LogP contribution in [0, 0.1) is 12.7 Å². The van der Waals surface area contributed by atoms with Crippen molar-refractivity contribution in [3.63, 3.8) is 0 Å². The van der Waals surface area contributed by atoms with E-state index in [1.54, 1.807) is 17.4 Å². The van der Waals surface area contributed by atoms with Gasteiger partial charge in [-0.3, -0.25) is 0 Å². The number of benzene rings is 1. The van der Waals surface area contributed by atoms with Gasteiger partial charge in [-0.2, -0.15) is 0 Å². The van der Waals surface area contributed by atoms with Gasteiger partial charge in [-0.25, -0.2) is 9.37 Å². The SMILES string of the molecule is CNCc1sc(-c2cc(C)ccc2F)nc1C(C)(C)C. The third-order valence-corrected chi connectivity index (χ3v) is 4.19. The molecule has 0 amide bonds. The van der Waals surface area contributed by atoms with E-state index >= 15 is 0 Å². The first kappa shape index (κ1) is 15.1. The maximum absolute atomic E-state index is 14.0. The summed E-state index contributed by atoms with van der Waals surface area (Å²) in [6, 6.07) is 5.16. The maximum Gasteiger partial charge on any atom is 0.133 e. The highest BCUT2D eigenvalue weighted by Crippen LogP contribution is 2.35. The molecule has 1 N–H and O–H groups in total. The molecule has 0 saturated carbocycles. The van der Waals surface area contributed by atoms with Crippen LogP contribution in [0.2, 0.25) is 0 Å². The molecule has 0 spiro atoms. The molecular formula is C16H21FN2S. The van der Waals surface area contributed by atoms with Gasteiger partial charge >= 0.3 is 0 Å². The summed E-state index contributed by atoms with van der Waals surface area (Å²) in [6.45, 7) is 9.14. The second-order valence-corrected chi connectivity index (χ2v) is 7.14. The van der Waals surface area contributed by atoms with Crippen molar-refractivity contribution < 1.29 is 4.39 Å². The fourth-order valence-electron chi connectivity index (χ4n) is 2.14. The third kappa shape index (κ3) is 3.07. The molecule has 2 rings (SSSR count). The number of nitrogens with zero attached hydrogens (tertiary/aromatic N) is 1. The lowest BCUT2D eigenvalue weighted by molar-refractivity contribution is 0.563. The van der Waals surface area contributed by atoms with Crippen molar-refractivity contribution in [1.29, 1.82) is 0 Å². The summed E-state index contributed by atoms with van der Waals surface area (Å²) >= 11 is 1.57. The molecule has 108 valence electrons. The Kier molecular flexibility index (Phi) is 4.25. The molecular weight excluding hydrogens is 271 g/mol. The fourth-order valence-corrected chi connectivity index (χ4v) is 3.44. The van der Waals surface area contributed by atoms with Gasteiger partial charge in [0.2, 0.25) is 0 Å². The molecule has 0 unspecified atom stereocenters. The van der Waals surface area contributed by atoms with Crippen LogP contribution >= 0.6 is 11.3 Å². The first-order chi connectivity index (χ1) is 9.32. The Morgan fingerprint density at radius 2 is 2.00 bits per heavy atom. The lowest BCUT2D eigenvalue weighted by Crippen LogP contribution is -2.16. The molecule has 1 heterocycles. The van der Waals surface area contributed by atoms with Gasteiger partial charge in [0.1, 0.15) is 10.8 Å². The second kappa shape index (κ2) is 5.62. The van der Waals surface area contributed by atoms with Crippen LogP contribution < -0.4 is 5.32 Å². The summed E-state index contributed by atoms with van der Waals surface area (Å²) in [6.07, 6.45) is 0. The number of aromatic nitrogens is 1. The van der Waals surface area contributed by atoms with Crippen LogP contribution in [0.5, 0.6) is 0 Å². The van der Waals surface area contributed by atoms with Crippen LogP contribution in [-0.2, 0) is 12.0 Å². The Morgan fingerprint density at radius 3 is 2.60 bits per heavy atom. The van der Waals surface area contributed by atoms with Gasteiger partial charge in [0.25, 0.3) is 0 Å². The summed E-state index contributed by atoms with van der Waals surface area (Å²) < 4.78 is 14.0. The van der Waals surface area contributed by atoms with Crippen molar-refractivity contribution in [1.82, 2.24) is 10.3 Å². The van der Waals surface area contributed by atoms with Crippen LogP contribution in [0.25, 0.3) is 10.6 Å².